The van der Waals surface area contributed by atoms with Crippen LogP contribution in [0.25, 0.3) is 11.3 Å². The lowest BCUT2D eigenvalue weighted by Gasteiger charge is -2.19. The topological polar surface area (TPSA) is 111 Å². The van der Waals surface area contributed by atoms with Gasteiger partial charge in [0, 0.05) is 13.0 Å². The molecule has 0 spiro atoms. The van der Waals surface area contributed by atoms with Gasteiger partial charge < -0.3 is 24.4 Å². The van der Waals surface area contributed by atoms with E-state index in [1.807, 2.05) is 80.6 Å². The molecule has 0 radical (unpaired) electrons. The molecular weight excluding hydrogens is 472 g/mol. The van der Waals surface area contributed by atoms with Gasteiger partial charge in [0.2, 0.25) is 11.6 Å². The van der Waals surface area contributed by atoms with Gasteiger partial charge in [0.1, 0.15) is 30.4 Å². The number of amides is 1. The molecule has 0 fully saturated rings. The molecule has 37 heavy (non-hydrogen) atoms. The van der Waals surface area contributed by atoms with E-state index in [0.29, 0.717) is 23.7 Å². The van der Waals surface area contributed by atoms with Crippen LogP contribution in [0.2, 0.25) is 0 Å². The van der Waals surface area contributed by atoms with Crippen molar-refractivity contribution in [3.05, 3.63) is 95.2 Å². The smallest absolute Gasteiger partial charge is 0.360 e. The molecule has 0 aliphatic rings. The zero-order valence-corrected chi connectivity index (χ0v) is 20.9. The maximum atomic E-state index is 11.9. The maximum absolute atomic E-state index is 11.9. The van der Waals surface area contributed by atoms with Gasteiger partial charge in [-0.25, -0.2) is 4.79 Å². The molecule has 1 amide bonds. The van der Waals surface area contributed by atoms with Crippen molar-refractivity contribution in [3.8, 4) is 22.8 Å². The van der Waals surface area contributed by atoms with Crippen LogP contribution in [0.1, 0.15) is 53.9 Å². The van der Waals surface area contributed by atoms with Crippen LogP contribution in [0.5, 0.6) is 11.5 Å². The van der Waals surface area contributed by atoms with Crippen molar-refractivity contribution in [1.29, 1.82) is 0 Å². The third kappa shape index (κ3) is 6.16. The first-order valence-electron chi connectivity index (χ1n) is 11.9. The Hall–Kier alpha value is -4.59. The molecular formula is C29H28N2O6. The number of carboxylic acid groups (broad SMARTS) is 1. The summed E-state index contributed by atoms with van der Waals surface area (Å²) >= 11 is 0. The number of carbonyl (C=O) groups excluding carboxylic acids is 1. The molecule has 8 nitrogen and oxygen atoms in total. The third-order valence-corrected chi connectivity index (χ3v) is 5.65. The third-order valence-electron chi connectivity index (χ3n) is 5.65. The number of hydrogen-bond donors (Lipinski definition) is 2. The van der Waals surface area contributed by atoms with Crippen molar-refractivity contribution < 1.29 is 28.7 Å². The number of ether oxygens (including phenoxy) is 2. The van der Waals surface area contributed by atoms with Crippen molar-refractivity contribution >= 4 is 17.6 Å². The monoisotopic (exact) mass is 500 g/mol. The second-order valence-electron chi connectivity index (χ2n) is 8.81. The summed E-state index contributed by atoms with van der Waals surface area (Å²) < 4.78 is 17.9. The summed E-state index contributed by atoms with van der Waals surface area (Å²) in [5.74, 6) is -0.602. The Kier molecular flexibility index (Phi) is 7.88. The Morgan fingerprint density at radius 1 is 0.919 bits per heavy atom. The maximum Gasteiger partial charge on any atom is 0.360 e. The SMILES string of the molecule is CC(=O)Nc1c(C(=O)O)noc1-c1cc(C(C)C)c(OCc2ccccc2)cc1OCc1ccccc1. The molecule has 0 saturated heterocycles. The first-order valence-corrected chi connectivity index (χ1v) is 11.9. The number of rotatable bonds is 10. The molecule has 0 aliphatic heterocycles. The zero-order chi connectivity index (χ0) is 26.4. The normalized spacial score (nSPS) is 10.8. The van der Waals surface area contributed by atoms with E-state index < -0.39 is 17.6 Å². The average molecular weight is 501 g/mol. The highest BCUT2D eigenvalue weighted by molar-refractivity contribution is 6.02. The van der Waals surface area contributed by atoms with Crippen LogP contribution in [-0.4, -0.2) is 22.1 Å². The molecule has 3 aromatic carbocycles. The number of nitrogens with zero attached hydrogens (tertiary/aromatic N) is 1. The lowest BCUT2D eigenvalue weighted by atomic mass is 9.97. The minimum atomic E-state index is -1.32. The number of carboxylic acids is 1. The van der Waals surface area contributed by atoms with Crippen LogP contribution in [-0.2, 0) is 18.0 Å². The Labute approximate surface area is 214 Å². The van der Waals surface area contributed by atoms with Gasteiger partial charge in [0.15, 0.2) is 5.76 Å². The molecule has 0 atom stereocenters. The number of anilines is 1. The van der Waals surface area contributed by atoms with Crippen molar-refractivity contribution in [1.82, 2.24) is 5.16 Å². The fourth-order valence-electron chi connectivity index (χ4n) is 3.83. The van der Waals surface area contributed by atoms with Gasteiger partial charge >= 0.3 is 5.97 Å². The summed E-state index contributed by atoms with van der Waals surface area (Å²) in [6.45, 7) is 5.95. The van der Waals surface area contributed by atoms with Crippen molar-refractivity contribution in [3.63, 3.8) is 0 Å². The van der Waals surface area contributed by atoms with Gasteiger partial charge in [-0.3, -0.25) is 4.79 Å². The van der Waals surface area contributed by atoms with Gasteiger partial charge in [0.05, 0.1) is 5.56 Å². The average Bonchev–Trinajstić information content (AvgIpc) is 3.30. The summed E-state index contributed by atoms with van der Waals surface area (Å²) in [6, 6.07) is 23.1. The summed E-state index contributed by atoms with van der Waals surface area (Å²) in [7, 11) is 0. The highest BCUT2D eigenvalue weighted by atomic mass is 16.5. The van der Waals surface area contributed by atoms with Gasteiger partial charge in [-0.05, 0) is 28.7 Å². The highest BCUT2D eigenvalue weighted by Crippen LogP contribution is 2.43. The van der Waals surface area contributed by atoms with E-state index in [4.69, 9.17) is 14.0 Å². The minimum Gasteiger partial charge on any atom is -0.488 e. The lowest BCUT2D eigenvalue weighted by Crippen LogP contribution is -2.11. The van der Waals surface area contributed by atoms with Gasteiger partial charge in [-0.15, -0.1) is 0 Å². The van der Waals surface area contributed by atoms with Crippen LogP contribution in [0.4, 0.5) is 5.69 Å². The quantitative estimate of drug-likeness (QED) is 0.264. The van der Waals surface area contributed by atoms with E-state index >= 15 is 0 Å². The number of benzene rings is 3. The molecule has 0 bridgehead atoms. The largest absolute Gasteiger partial charge is 0.488 e. The Balaban J connectivity index is 1.81. The van der Waals surface area contributed by atoms with Crippen LogP contribution >= 0.6 is 0 Å². The van der Waals surface area contributed by atoms with Crippen LogP contribution < -0.4 is 14.8 Å². The predicted octanol–water partition coefficient (Wildman–Crippen LogP) is 6.28. The summed E-state index contributed by atoms with van der Waals surface area (Å²) in [5, 5.41) is 15.9. The van der Waals surface area contributed by atoms with Crippen LogP contribution in [0.15, 0.2) is 77.3 Å². The molecule has 0 aliphatic carbocycles. The summed E-state index contributed by atoms with van der Waals surface area (Å²) in [4.78, 5) is 23.7. The molecule has 1 aromatic heterocycles. The van der Waals surface area contributed by atoms with Crippen LogP contribution in [0.3, 0.4) is 0 Å². The second kappa shape index (κ2) is 11.4. The van der Waals surface area contributed by atoms with E-state index in [1.165, 1.54) is 6.92 Å². The number of aromatic carboxylic acids is 1. The number of nitrogens with one attached hydrogen (secondary N) is 1. The molecule has 190 valence electrons. The van der Waals surface area contributed by atoms with E-state index in [-0.39, 0.29) is 24.0 Å². The standard InChI is InChI=1S/C29H28N2O6/c1-18(2)22-14-23(28-26(30-19(3)32)27(29(33)34)31-37-28)25(36-17-21-12-8-5-9-13-21)15-24(22)35-16-20-10-6-4-7-11-20/h4-15,18H,16-17H2,1-3H3,(H,30,32)(H,33,34). The van der Waals surface area contributed by atoms with Gasteiger partial charge in [0.25, 0.3) is 0 Å². The van der Waals surface area contributed by atoms with Gasteiger partial charge in [-0.1, -0.05) is 79.7 Å². The van der Waals surface area contributed by atoms with Crippen molar-refractivity contribution in [2.75, 3.05) is 5.32 Å². The number of hydrogen-bond acceptors (Lipinski definition) is 6. The molecule has 0 unspecified atom stereocenters. The molecule has 1 heterocycles. The van der Waals surface area contributed by atoms with E-state index in [2.05, 4.69) is 10.5 Å². The Morgan fingerprint density at radius 3 is 2.00 bits per heavy atom. The fraction of sp³-hybridized carbons (Fsp3) is 0.207. The van der Waals surface area contributed by atoms with E-state index in [0.717, 1.165) is 16.7 Å². The van der Waals surface area contributed by atoms with E-state index in [1.54, 1.807) is 6.07 Å². The fourth-order valence-corrected chi connectivity index (χ4v) is 3.83. The molecule has 8 heteroatoms. The Morgan fingerprint density at radius 2 is 1.49 bits per heavy atom. The number of carbonyl (C=O) groups is 2. The first-order chi connectivity index (χ1) is 17.8. The summed E-state index contributed by atoms with van der Waals surface area (Å²) in [6.07, 6.45) is 0. The summed E-state index contributed by atoms with van der Waals surface area (Å²) in [5.41, 5.74) is 2.85. The molecule has 4 aromatic rings. The van der Waals surface area contributed by atoms with Crippen LogP contribution in [0, 0.1) is 0 Å². The highest BCUT2D eigenvalue weighted by Gasteiger charge is 2.27. The van der Waals surface area contributed by atoms with Crippen molar-refractivity contribution in [2.45, 2.75) is 39.9 Å². The van der Waals surface area contributed by atoms with Gasteiger partial charge in [-0.2, -0.15) is 0 Å². The predicted molar refractivity (Wildman–Crippen MR) is 139 cm³/mol. The molecule has 4 rings (SSSR count). The number of aromatic nitrogens is 1. The molecule has 0 saturated carbocycles. The first kappa shape index (κ1) is 25.5. The minimum absolute atomic E-state index is 0.0304. The zero-order valence-electron chi connectivity index (χ0n) is 20.9. The lowest BCUT2D eigenvalue weighted by molar-refractivity contribution is -0.114. The second-order valence-corrected chi connectivity index (χ2v) is 8.81. The molecule has 2 N–H and O–H groups in total. The van der Waals surface area contributed by atoms with Crippen molar-refractivity contribution in [2.24, 2.45) is 0 Å². The Bertz CT molecular complexity index is 1380. The van der Waals surface area contributed by atoms with E-state index in [9.17, 15) is 14.7 Å².